The van der Waals surface area contributed by atoms with E-state index in [1.807, 2.05) is 0 Å². The lowest BCUT2D eigenvalue weighted by atomic mass is 10.4. The van der Waals surface area contributed by atoms with Gasteiger partial charge in [0.15, 0.2) is 0 Å². The zero-order valence-electron chi connectivity index (χ0n) is 12.4. The first-order chi connectivity index (χ1) is 9.86. The molecule has 0 unspecified atom stereocenters. The summed E-state index contributed by atoms with van der Waals surface area (Å²) in [6, 6.07) is 0. The molecule has 8 nitrogen and oxygen atoms in total. The Balaban J connectivity index is 2.42. The number of amides is 1. The summed E-state index contributed by atoms with van der Waals surface area (Å²) in [6.45, 7) is 3.11. The maximum Gasteiger partial charge on any atom is 0.325 e. The molecule has 1 saturated heterocycles. The quantitative estimate of drug-likeness (QED) is 0.562. The molecule has 1 aliphatic rings. The molecule has 1 heterocycles. The monoisotopic (exact) mass is 322 g/mol. The summed E-state index contributed by atoms with van der Waals surface area (Å²) in [7, 11) is -2.02. The molecule has 1 amide bonds. The van der Waals surface area contributed by atoms with E-state index in [4.69, 9.17) is 9.47 Å². The molecule has 1 rings (SSSR count). The number of ether oxygens (including phenoxy) is 2. The van der Waals surface area contributed by atoms with Crippen LogP contribution in [0.5, 0.6) is 0 Å². The van der Waals surface area contributed by atoms with Crippen LogP contribution >= 0.6 is 0 Å². The second-order valence-electron chi connectivity index (χ2n) is 4.63. The third-order valence-corrected chi connectivity index (χ3v) is 4.91. The van der Waals surface area contributed by atoms with Crippen molar-refractivity contribution in [2.75, 3.05) is 52.3 Å². The molecule has 9 heteroatoms. The van der Waals surface area contributed by atoms with Gasteiger partial charge in [0.05, 0.1) is 25.6 Å². The van der Waals surface area contributed by atoms with Gasteiger partial charge in [0.2, 0.25) is 15.9 Å². The van der Waals surface area contributed by atoms with Crippen LogP contribution in [-0.2, 0) is 29.1 Å². The predicted molar refractivity (Wildman–Crippen MR) is 75.1 cm³/mol. The molecule has 0 spiro atoms. The predicted octanol–water partition coefficient (Wildman–Crippen LogP) is -0.940. The summed E-state index contributed by atoms with van der Waals surface area (Å²) in [5, 5.41) is 0. The first-order valence-electron chi connectivity index (χ1n) is 6.82. The third kappa shape index (κ3) is 5.98. The van der Waals surface area contributed by atoms with E-state index < -0.39 is 21.9 Å². The Morgan fingerprint density at radius 3 is 2.48 bits per heavy atom. The SMILES string of the molecule is CCOC(=O)CN(C)C(=O)CCS(=O)(=O)N1CCOCC1. The number of carbonyl (C=O) groups excluding carboxylic acids is 2. The minimum atomic E-state index is -3.46. The summed E-state index contributed by atoms with van der Waals surface area (Å²) in [5.74, 6) is -1.18. The van der Waals surface area contributed by atoms with E-state index in [1.54, 1.807) is 6.92 Å². The van der Waals surface area contributed by atoms with Gasteiger partial charge in [-0.05, 0) is 6.92 Å². The van der Waals surface area contributed by atoms with Gasteiger partial charge in [-0.2, -0.15) is 4.31 Å². The topological polar surface area (TPSA) is 93.2 Å². The fourth-order valence-corrected chi connectivity index (χ4v) is 3.25. The standard InChI is InChI=1S/C12H22N2O6S/c1-3-20-12(16)10-13(2)11(15)4-9-21(17,18)14-5-7-19-8-6-14/h3-10H2,1-2H3. The first kappa shape index (κ1) is 17.9. The molecule has 0 N–H and O–H groups in total. The Labute approximate surface area is 125 Å². The Kier molecular flexibility index (Phi) is 7.06. The highest BCUT2D eigenvalue weighted by atomic mass is 32.2. The molecular formula is C12H22N2O6S. The van der Waals surface area contributed by atoms with Crippen molar-refractivity contribution >= 4 is 21.9 Å². The average Bonchev–Trinajstić information content (AvgIpc) is 2.46. The van der Waals surface area contributed by atoms with Crippen molar-refractivity contribution < 1.29 is 27.5 Å². The van der Waals surface area contributed by atoms with Crippen LogP contribution in [0.3, 0.4) is 0 Å². The number of carbonyl (C=O) groups is 2. The van der Waals surface area contributed by atoms with Crippen LogP contribution in [0.2, 0.25) is 0 Å². The molecule has 0 radical (unpaired) electrons. The Bertz CT molecular complexity index is 458. The zero-order valence-corrected chi connectivity index (χ0v) is 13.2. The molecule has 0 aliphatic carbocycles. The average molecular weight is 322 g/mol. The van der Waals surface area contributed by atoms with Crippen molar-refractivity contribution in [2.24, 2.45) is 0 Å². The van der Waals surface area contributed by atoms with Crippen LogP contribution in [0.4, 0.5) is 0 Å². The number of hydrogen-bond acceptors (Lipinski definition) is 6. The first-order valence-corrected chi connectivity index (χ1v) is 8.43. The van der Waals surface area contributed by atoms with Gasteiger partial charge in [-0.15, -0.1) is 0 Å². The van der Waals surface area contributed by atoms with Gasteiger partial charge in [-0.3, -0.25) is 9.59 Å². The Morgan fingerprint density at radius 2 is 1.90 bits per heavy atom. The summed E-state index contributed by atoms with van der Waals surface area (Å²) < 4.78 is 35.2. The maximum atomic E-state index is 12.0. The molecule has 0 aromatic heterocycles. The second-order valence-corrected chi connectivity index (χ2v) is 6.72. The summed E-state index contributed by atoms with van der Waals surface area (Å²) in [6.07, 6.45) is -0.157. The Hall–Kier alpha value is -1.19. The maximum absolute atomic E-state index is 12.0. The molecular weight excluding hydrogens is 300 g/mol. The van der Waals surface area contributed by atoms with E-state index in [2.05, 4.69) is 0 Å². The minimum absolute atomic E-state index is 0.157. The Morgan fingerprint density at radius 1 is 1.29 bits per heavy atom. The normalized spacial score (nSPS) is 16.5. The smallest absolute Gasteiger partial charge is 0.325 e. The molecule has 21 heavy (non-hydrogen) atoms. The van der Waals surface area contributed by atoms with Gasteiger partial charge >= 0.3 is 5.97 Å². The summed E-state index contributed by atoms with van der Waals surface area (Å²) in [5.41, 5.74) is 0. The van der Waals surface area contributed by atoms with Gasteiger partial charge in [0.25, 0.3) is 0 Å². The molecule has 0 atom stereocenters. The van der Waals surface area contributed by atoms with Crippen molar-refractivity contribution in [1.29, 1.82) is 0 Å². The number of nitrogens with zero attached hydrogens (tertiary/aromatic N) is 2. The van der Waals surface area contributed by atoms with Gasteiger partial charge in [0, 0.05) is 26.6 Å². The van der Waals surface area contributed by atoms with Crippen LogP contribution in [0.15, 0.2) is 0 Å². The highest BCUT2D eigenvalue weighted by Crippen LogP contribution is 2.07. The van der Waals surface area contributed by atoms with E-state index in [0.29, 0.717) is 26.3 Å². The van der Waals surface area contributed by atoms with Gasteiger partial charge in [-0.25, -0.2) is 8.42 Å². The highest BCUT2D eigenvalue weighted by Gasteiger charge is 2.25. The van der Waals surface area contributed by atoms with Crippen molar-refractivity contribution in [1.82, 2.24) is 9.21 Å². The molecule has 0 aromatic rings. The molecule has 0 aromatic carbocycles. The lowest BCUT2D eigenvalue weighted by Gasteiger charge is -2.26. The molecule has 0 saturated carbocycles. The lowest BCUT2D eigenvalue weighted by Crippen LogP contribution is -2.42. The number of esters is 1. The van der Waals surface area contributed by atoms with Crippen LogP contribution in [0.25, 0.3) is 0 Å². The van der Waals surface area contributed by atoms with E-state index >= 15 is 0 Å². The third-order valence-electron chi connectivity index (χ3n) is 3.03. The van der Waals surface area contributed by atoms with Crippen molar-refractivity contribution in [3.05, 3.63) is 0 Å². The van der Waals surface area contributed by atoms with Gasteiger partial charge in [-0.1, -0.05) is 0 Å². The van der Waals surface area contributed by atoms with Crippen LogP contribution in [0.1, 0.15) is 13.3 Å². The molecule has 1 fully saturated rings. The molecule has 0 bridgehead atoms. The largest absolute Gasteiger partial charge is 0.465 e. The molecule has 122 valence electrons. The fraction of sp³-hybridized carbons (Fsp3) is 0.833. The summed E-state index contributed by atoms with van der Waals surface area (Å²) >= 11 is 0. The number of morpholine rings is 1. The van der Waals surface area contributed by atoms with Crippen molar-refractivity contribution in [3.63, 3.8) is 0 Å². The van der Waals surface area contributed by atoms with Crippen molar-refractivity contribution in [2.45, 2.75) is 13.3 Å². The van der Waals surface area contributed by atoms with E-state index in [-0.39, 0.29) is 25.3 Å². The number of likely N-dealkylation sites (N-methyl/N-ethyl adjacent to an activating group) is 1. The minimum Gasteiger partial charge on any atom is -0.465 e. The van der Waals surface area contributed by atoms with Gasteiger partial charge < -0.3 is 14.4 Å². The van der Waals surface area contributed by atoms with E-state index in [0.717, 1.165) is 0 Å². The number of hydrogen-bond donors (Lipinski definition) is 0. The lowest BCUT2D eigenvalue weighted by molar-refractivity contribution is -0.148. The summed E-state index contributed by atoms with van der Waals surface area (Å²) in [4.78, 5) is 24.2. The van der Waals surface area contributed by atoms with Crippen LogP contribution in [-0.4, -0.2) is 81.8 Å². The van der Waals surface area contributed by atoms with Crippen molar-refractivity contribution in [3.8, 4) is 0 Å². The molecule has 1 aliphatic heterocycles. The van der Waals surface area contributed by atoms with Gasteiger partial charge in [0.1, 0.15) is 6.54 Å². The van der Waals surface area contributed by atoms with E-state index in [1.165, 1.54) is 16.3 Å². The van der Waals surface area contributed by atoms with Crippen LogP contribution in [0, 0.1) is 0 Å². The zero-order chi connectivity index (χ0) is 15.9. The van der Waals surface area contributed by atoms with E-state index in [9.17, 15) is 18.0 Å². The number of rotatable bonds is 7. The second kappa shape index (κ2) is 8.30. The number of sulfonamides is 1. The highest BCUT2D eigenvalue weighted by molar-refractivity contribution is 7.89. The van der Waals surface area contributed by atoms with Crippen LogP contribution < -0.4 is 0 Å². The fourth-order valence-electron chi connectivity index (χ4n) is 1.85.